The van der Waals surface area contributed by atoms with Crippen LogP contribution in [0.1, 0.15) is 5.56 Å². The van der Waals surface area contributed by atoms with E-state index in [-0.39, 0.29) is 5.75 Å². The van der Waals surface area contributed by atoms with E-state index in [9.17, 15) is 5.11 Å². The fourth-order valence-corrected chi connectivity index (χ4v) is 3.32. The molecule has 0 aliphatic carbocycles. The lowest BCUT2D eigenvalue weighted by Gasteiger charge is -2.12. The maximum absolute atomic E-state index is 9.84. The molecule has 0 amide bonds. The number of aliphatic imine (C=N–C) groups is 1. The van der Waals surface area contributed by atoms with Crippen LogP contribution in [0, 0.1) is 0 Å². The van der Waals surface area contributed by atoms with Crippen molar-refractivity contribution >= 4 is 22.9 Å². The molecule has 3 aromatic carbocycles. The highest BCUT2D eigenvalue weighted by Crippen LogP contribution is 2.41. The maximum atomic E-state index is 9.84. The van der Waals surface area contributed by atoms with Crippen molar-refractivity contribution in [2.45, 2.75) is 0 Å². The summed E-state index contributed by atoms with van der Waals surface area (Å²) in [6.45, 7) is 0. The first kappa shape index (κ1) is 19.4. The summed E-state index contributed by atoms with van der Waals surface area (Å²) in [5, 5.41) is 10.7. The van der Waals surface area contributed by atoms with Crippen LogP contribution in [0.15, 0.2) is 70.1 Å². The highest BCUT2D eigenvalue weighted by atomic mass is 16.5. The van der Waals surface area contributed by atoms with E-state index in [2.05, 4.69) is 4.99 Å². The van der Waals surface area contributed by atoms with E-state index in [0.29, 0.717) is 34.3 Å². The molecule has 30 heavy (non-hydrogen) atoms. The zero-order valence-electron chi connectivity index (χ0n) is 16.9. The molecule has 4 aromatic rings. The van der Waals surface area contributed by atoms with Gasteiger partial charge in [0.15, 0.2) is 11.5 Å². The van der Waals surface area contributed by atoms with Gasteiger partial charge >= 0.3 is 0 Å². The topological polar surface area (TPSA) is 73.4 Å². The van der Waals surface area contributed by atoms with Gasteiger partial charge in [0, 0.05) is 40.9 Å². The molecule has 0 spiro atoms. The molecule has 0 fully saturated rings. The Morgan fingerprint density at radius 3 is 2.20 bits per heavy atom. The molecule has 0 atom stereocenters. The van der Waals surface area contributed by atoms with E-state index in [4.69, 9.17) is 18.6 Å². The minimum Gasteiger partial charge on any atom is -0.508 e. The van der Waals surface area contributed by atoms with Crippen LogP contribution < -0.4 is 14.2 Å². The lowest BCUT2D eigenvalue weighted by Crippen LogP contribution is -1.94. The summed E-state index contributed by atoms with van der Waals surface area (Å²) < 4.78 is 22.2. The maximum Gasteiger partial charge on any atom is 0.203 e. The van der Waals surface area contributed by atoms with Crippen molar-refractivity contribution in [3.05, 3.63) is 66.2 Å². The number of fused-ring (bicyclic) bond motifs is 1. The highest BCUT2D eigenvalue weighted by molar-refractivity contribution is 6.05. The van der Waals surface area contributed by atoms with Crippen molar-refractivity contribution in [2.75, 3.05) is 21.3 Å². The zero-order valence-corrected chi connectivity index (χ0v) is 16.9. The smallest absolute Gasteiger partial charge is 0.203 e. The number of benzene rings is 3. The molecule has 4 rings (SSSR count). The van der Waals surface area contributed by atoms with Crippen LogP contribution in [0.4, 0.5) is 5.69 Å². The molecule has 6 heteroatoms. The normalized spacial score (nSPS) is 11.2. The molecule has 0 unspecified atom stereocenters. The highest BCUT2D eigenvalue weighted by Gasteiger charge is 2.16. The Morgan fingerprint density at radius 1 is 0.867 bits per heavy atom. The number of rotatable bonds is 6. The van der Waals surface area contributed by atoms with Crippen molar-refractivity contribution in [1.82, 2.24) is 0 Å². The fourth-order valence-electron chi connectivity index (χ4n) is 3.32. The van der Waals surface area contributed by atoms with Crippen molar-refractivity contribution in [2.24, 2.45) is 4.99 Å². The first-order valence-corrected chi connectivity index (χ1v) is 9.29. The molecule has 0 aliphatic heterocycles. The van der Waals surface area contributed by atoms with Crippen LogP contribution >= 0.6 is 0 Å². The third kappa shape index (κ3) is 3.55. The van der Waals surface area contributed by atoms with Gasteiger partial charge in [0.1, 0.15) is 17.1 Å². The van der Waals surface area contributed by atoms with Gasteiger partial charge in [0.05, 0.1) is 27.0 Å². The first-order chi connectivity index (χ1) is 14.6. The summed E-state index contributed by atoms with van der Waals surface area (Å²) in [6, 6.07) is 18.4. The standard InChI is InChI=1S/C24H21NO5/c1-27-21-11-16(12-22(28-2)24(21)29-3)25-14-19-18-10-9-17(26)13-20(18)30-23(19)15-7-5-4-6-8-15/h4-14,26H,1-3H3. The lowest BCUT2D eigenvalue weighted by atomic mass is 10.1. The Balaban J connectivity index is 1.85. The predicted molar refractivity (Wildman–Crippen MR) is 117 cm³/mol. The number of aromatic hydroxyl groups is 1. The van der Waals surface area contributed by atoms with Crippen LogP contribution in [0.3, 0.4) is 0 Å². The molecule has 6 nitrogen and oxygen atoms in total. The van der Waals surface area contributed by atoms with Gasteiger partial charge in [-0.25, -0.2) is 0 Å². The SMILES string of the molecule is COc1cc(N=Cc2c(-c3ccccc3)oc3cc(O)ccc23)cc(OC)c1OC. The second kappa shape index (κ2) is 8.21. The molecule has 152 valence electrons. The predicted octanol–water partition coefficient (Wildman–Crippen LogP) is 5.58. The van der Waals surface area contributed by atoms with Gasteiger partial charge in [-0.2, -0.15) is 0 Å². The number of phenols is 1. The van der Waals surface area contributed by atoms with E-state index >= 15 is 0 Å². The summed E-state index contributed by atoms with van der Waals surface area (Å²) in [5.74, 6) is 2.37. The molecule has 1 N–H and O–H groups in total. The molecule has 0 saturated heterocycles. The molecule has 1 heterocycles. The van der Waals surface area contributed by atoms with Crippen LogP contribution in [0.25, 0.3) is 22.3 Å². The molecular formula is C24H21NO5. The number of methoxy groups -OCH3 is 3. The zero-order chi connectivity index (χ0) is 21.1. The van der Waals surface area contributed by atoms with Gasteiger partial charge in [-0.05, 0) is 12.1 Å². The van der Waals surface area contributed by atoms with E-state index < -0.39 is 0 Å². The average molecular weight is 403 g/mol. The summed E-state index contributed by atoms with van der Waals surface area (Å²) in [4.78, 5) is 4.64. The third-order valence-electron chi connectivity index (χ3n) is 4.74. The summed E-state index contributed by atoms with van der Waals surface area (Å²) >= 11 is 0. The second-order valence-corrected chi connectivity index (χ2v) is 6.53. The summed E-state index contributed by atoms with van der Waals surface area (Å²) in [6.07, 6.45) is 1.74. The lowest BCUT2D eigenvalue weighted by molar-refractivity contribution is 0.324. The van der Waals surface area contributed by atoms with Crippen molar-refractivity contribution in [3.8, 4) is 34.3 Å². The van der Waals surface area contributed by atoms with E-state index in [1.807, 2.05) is 36.4 Å². The Labute approximate surface area is 174 Å². The molecular weight excluding hydrogens is 382 g/mol. The molecule has 0 aliphatic rings. The Morgan fingerprint density at radius 2 is 1.57 bits per heavy atom. The van der Waals surface area contributed by atoms with E-state index in [0.717, 1.165) is 16.5 Å². The minimum atomic E-state index is 0.143. The van der Waals surface area contributed by atoms with Crippen LogP contribution in [0.5, 0.6) is 23.0 Å². The molecule has 0 radical (unpaired) electrons. The minimum absolute atomic E-state index is 0.143. The van der Waals surface area contributed by atoms with Gasteiger partial charge in [0.25, 0.3) is 0 Å². The van der Waals surface area contributed by atoms with Gasteiger partial charge in [-0.15, -0.1) is 0 Å². The van der Waals surface area contributed by atoms with Gasteiger partial charge in [0.2, 0.25) is 5.75 Å². The van der Waals surface area contributed by atoms with Gasteiger partial charge < -0.3 is 23.7 Å². The van der Waals surface area contributed by atoms with Crippen molar-refractivity contribution < 1.29 is 23.7 Å². The Bertz CT molecular complexity index is 1190. The van der Waals surface area contributed by atoms with Crippen molar-refractivity contribution in [1.29, 1.82) is 0 Å². The fraction of sp³-hybridized carbons (Fsp3) is 0.125. The summed E-state index contributed by atoms with van der Waals surface area (Å²) in [7, 11) is 4.69. The Kier molecular flexibility index (Phi) is 5.30. The second-order valence-electron chi connectivity index (χ2n) is 6.53. The largest absolute Gasteiger partial charge is 0.508 e. The number of ether oxygens (including phenoxy) is 3. The molecule has 0 saturated carbocycles. The first-order valence-electron chi connectivity index (χ1n) is 9.29. The number of hydrogen-bond acceptors (Lipinski definition) is 6. The van der Waals surface area contributed by atoms with E-state index in [1.165, 1.54) is 0 Å². The number of hydrogen-bond donors (Lipinski definition) is 1. The molecule has 1 aromatic heterocycles. The van der Waals surface area contributed by atoms with Crippen molar-refractivity contribution in [3.63, 3.8) is 0 Å². The average Bonchev–Trinajstić information content (AvgIpc) is 3.14. The molecule has 0 bridgehead atoms. The number of nitrogens with zero attached hydrogens (tertiary/aromatic N) is 1. The van der Waals surface area contributed by atoms with Gasteiger partial charge in [-0.3, -0.25) is 4.99 Å². The van der Waals surface area contributed by atoms with E-state index in [1.54, 1.807) is 51.8 Å². The number of phenolic OH excluding ortho intramolecular Hbond substituents is 1. The van der Waals surface area contributed by atoms with Gasteiger partial charge in [-0.1, -0.05) is 30.3 Å². The summed E-state index contributed by atoms with van der Waals surface area (Å²) in [5.41, 5.74) is 2.95. The van der Waals surface area contributed by atoms with Crippen LogP contribution in [-0.2, 0) is 0 Å². The quantitative estimate of drug-likeness (QED) is 0.425. The number of furan rings is 1. The Hall–Kier alpha value is -3.93. The van der Waals surface area contributed by atoms with Crippen LogP contribution in [-0.4, -0.2) is 32.7 Å². The van der Waals surface area contributed by atoms with Crippen LogP contribution in [0.2, 0.25) is 0 Å². The monoisotopic (exact) mass is 403 g/mol. The third-order valence-corrected chi connectivity index (χ3v) is 4.74.